The summed E-state index contributed by atoms with van der Waals surface area (Å²) >= 11 is 0. The molecule has 80 valence electrons. The second-order valence-corrected chi connectivity index (χ2v) is 3.16. The molecular formula is C9H10F2N4. The molecule has 2 aromatic rings. The highest BCUT2D eigenvalue weighted by Crippen LogP contribution is 2.13. The van der Waals surface area contributed by atoms with Crippen molar-refractivity contribution in [1.29, 1.82) is 0 Å². The average molecular weight is 212 g/mol. The highest BCUT2D eigenvalue weighted by atomic mass is 19.3. The van der Waals surface area contributed by atoms with E-state index >= 15 is 0 Å². The van der Waals surface area contributed by atoms with Gasteiger partial charge in [-0.3, -0.25) is 9.25 Å². The van der Waals surface area contributed by atoms with Gasteiger partial charge in [0, 0.05) is 24.3 Å². The van der Waals surface area contributed by atoms with Crippen LogP contribution in [0, 0.1) is 6.92 Å². The van der Waals surface area contributed by atoms with Crippen molar-refractivity contribution in [2.24, 2.45) is 0 Å². The Hall–Kier alpha value is -1.72. The highest BCUT2D eigenvalue weighted by Gasteiger charge is 2.12. The number of imidazole rings is 1. The van der Waals surface area contributed by atoms with Gasteiger partial charge < -0.3 is 0 Å². The zero-order valence-corrected chi connectivity index (χ0v) is 8.14. The van der Waals surface area contributed by atoms with Crippen LogP contribution in [-0.2, 0) is 6.54 Å². The fourth-order valence-electron chi connectivity index (χ4n) is 1.34. The standard InChI is InChI=1S/C9H10F2N4/c1-7-2-3-13-15(7)6-8-12-4-5-14(8)9(10)11/h2-5,9H,6H2,1H3. The molecule has 0 fully saturated rings. The second kappa shape index (κ2) is 3.80. The Balaban J connectivity index is 2.25. The molecule has 0 aliphatic rings. The van der Waals surface area contributed by atoms with Gasteiger partial charge in [-0.05, 0) is 13.0 Å². The topological polar surface area (TPSA) is 35.6 Å². The Morgan fingerprint density at radius 1 is 1.40 bits per heavy atom. The van der Waals surface area contributed by atoms with Crippen LogP contribution in [0.5, 0.6) is 0 Å². The van der Waals surface area contributed by atoms with Gasteiger partial charge in [0.05, 0.1) is 6.54 Å². The number of alkyl halides is 2. The number of halogens is 2. The number of aromatic nitrogens is 4. The van der Waals surface area contributed by atoms with Gasteiger partial charge in [0.2, 0.25) is 0 Å². The average Bonchev–Trinajstić information content (AvgIpc) is 2.77. The van der Waals surface area contributed by atoms with E-state index in [0.29, 0.717) is 5.82 Å². The summed E-state index contributed by atoms with van der Waals surface area (Å²) < 4.78 is 27.4. The Kier molecular flexibility index (Phi) is 2.49. The first-order valence-electron chi connectivity index (χ1n) is 4.47. The summed E-state index contributed by atoms with van der Waals surface area (Å²) in [5.41, 5.74) is 0.916. The van der Waals surface area contributed by atoms with Crippen LogP contribution in [0.15, 0.2) is 24.7 Å². The van der Waals surface area contributed by atoms with Gasteiger partial charge in [-0.15, -0.1) is 0 Å². The predicted molar refractivity (Wildman–Crippen MR) is 49.5 cm³/mol. The molecule has 0 aliphatic heterocycles. The molecule has 0 aliphatic carbocycles. The molecule has 0 N–H and O–H groups in total. The fourth-order valence-corrected chi connectivity index (χ4v) is 1.34. The molecule has 0 saturated heterocycles. The van der Waals surface area contributed by atoms with Crippen LogP contribution in [-0.4, -0.2) is 19.3 Å². The molecule has 2 aromatic heterocycles. The van der Waals surface area contributed by atoms with Gasteiger partial charge in [0.15, 0.2) is 0 Å². The first-order valence-corrected chi connectivity index (χ1v) is 4.47. The minimum atomic E-state index is -2.56. The van der Waals surface area contributed by atoms with Gasteiger partial charge in [-0.1, -0.05) is 0 Å². The van der Waals surface area contributed by atoms with E-state index in [9.17, 15) is 8.78 Å². The molecule has 0 unspecified atom stereocenters. The molecule has 0 radical (unpaired) electrons. The zero-order chi connectivity index (χ0) is 10.8. The first-order chi connectivity index (χ1) is 7.18. The van der Waals surface area contributed by atoms with Crippen molar-refractivity contribution in [3.8, 4) is 0 Å². The van der Waals surface area contributed by atoms with Crippen molar-refractivity contribution in [2.75, 3.05) is 0 Å². The van der Waals surface area contributed by atoms with Crippen LogP contribution in [0.25, 0.3) is 0 Å². The summed E-state index contributed by atoms with van der Waals surface area (Å²) in [6, 6.07) is 1.82. The van der Waals surface area contributed by atoms with Crippen LogP contribution in [0.3, 0.4) is 0 Å². The lowest BCUT2D eigenvalue weighted by atomic mass is 10.5. The number of nitrogens with zero attached hydrogens (tertiary/aromatic N) is 4. The van der Waals surface area contributed by atoms with E-state index < -0.39 is 6.55 Å². The maximum absolute atomic E-state index is 12.5. The molecule has 4 nitrogen and oxygen atoms in total. The molecule has 6 heteroatoms. The Labute approximate surface area is 85.2 Å². The van der Waals surface area contributed by atoms with Crippen LogP contribution in [0.2, 0.25) is 0 Å². The fraction of sp³-hybridized carbons (Fsp3) is 0.333. The largest absolute Gasteiger partial charge is 0.319 e. The smallest absolute Gasteiger partial charge is 0.276 e. The van der Waals surface area contributed by atoms with E-state index in [4.69, 9.17) is 0 Å². The molecule has 0 saturated carbocycles. The van der Waals surface area contributed by atoms with Gasteiger partial charge >= 0.3 is 6.55 Å². The molecule has 0 bridgehead atoms. The van der Waals surface area contributed by atoms with Gasteiger partial charge in [0.25, 0.3) is 0 Å². The van der Waals surface area contributed by atoms with Crippen molar-refractivity contribution in [1.82, 2.24) is 19.3 Å². The molecule has 0 amide bonds. The van der Waals surface area contributed by atoms with E-state index in [0.717, 1.165) is 10.3 Å². The number of rotatable bonds is 3. The summed E-state index contributed by atoms with van der Waals surface area (Å²) in [6.45, 7) is -0.433. The molecule has 0 aromatic carbocycles. The molecule has 15 heavy (non-hydrogen) atoms. The Morgan fingerprint density at radius 2 is 2.20 bits per heavy atom. The SMILES string of the molecule is Cc1ccnn1Cc1nccn1C(F)F. The van der Waals surface area contributed by atoms with Gasteiger partial charge in [0.1, 0.15) is 5.82 Å². The van der Waals surface area contributed by atoms with Crippen molar-refractivity contribution in [3.05, 3.63) is 36.2 Å². The third kappa shape index (κ3) is 1.88. The summed E-state index contributed by atoms with van der Waals surface area (Å²) in [6.07, 6.45) is 4.25. The molecular weight excluding hydrogens is 202 g/mol. The number of hydrogen-bond donors (Lipinski definition) is 0. The zero-order valence-electron chi connectivity index (χ0n) is 8.14. The van der Waals surface area contributed by atoms with Crippen molar-refractivity contribution in [2.45, 2.75) is 20.0 Å². The van der Waals surface area contributed by atoms with Crippen LogP contribution in [0.4, 0.5) is 8.78 Å². The van der Waals surface area contributed by atoms with E-state index in [-0.39, 0.29) is 6.54 Å². The summed E-state index contributed by atoms with van der Waals surface area (Å²) in [5.74, 6) is 0.303. The van der Waals surface area contributed by atoms with Gasteiger partial charge in [-0.25, -0.2) is 4.98 Å². The minimum absolute atomic E-state index is 0.260. The second-order valence-electron chi connectivity index (χ2n) is 3.16. The molecule has 2 rings (SSSR count). The van der Waals surface area contributed by atoms with Crippen LogP contribution < -0.4 is 0 Å². The summed E-state index contributed by atoms with van der Waals surface area (Å²) in [5, 5.41) is 4.01. The van der Waals surface area contributed by atoms with E-state index in [2.05, 4.69) is 10.1 Å². The monoisotopic (exact) mass is 212 g/mol. The summed E-state index contributed by atoms with van der Waals surface area (Å²) in [7, 11) is 0. The highest BCUT2D eigenvalue weighted by molar-refractivity contribution is 5.01. The van der Waals surface area contributed by atoms with Gasteiger partial charge in [-0.2, -0.15) is 13.9 Å². The van der Waals surface area contributed by atoms with Crippen LogP contribution >= 0.6 is 0 Å². The first kappa shape index (κ1) is 9.82. The molecule has 2 heterocycles. The van der Waals surface area contributed by atoms with Crippen LogP contribution in [0.1, 0.15) is 18.1 Å². The summed E-state index contributed by atoms with van der Waals surface area (Å²) in [4.78, 5) is 3.88. The van der Waals surface area contributed by atoms with Crippen molar-refractivity contribution in [3.63, 3.8) is 0 Å². The lowest BCUT2D eigenvalue weighted by Gasteiger charge is -2.07. The predicted octanol–water partition coefficient (Wildman–Crippen LogP) is 1.83. The lowest BCUT2D eigenvalue weighted by molar-refractivity contribution is 0.0665. The number of aryl methyl sites for hydroxylation is 1. The van der Waals surface area contributed by atoms with E-state index in [1.807, 2.05) is 13.0 Å². The van der Waals surface area contributed by atoms with Crippen molar-refractivity contribution >= 4 is 0 Å². The van der Waals surface area contributed by atoms with E-state index in [1.54, 1.807) is 10.9 Å². The quantitative estimate of drug-likeness (QED) is 0.778. The number of hydrogen-bond acceptors (Lipinski definition) is 2. The minimum Gasteiger partial charge on any atom is -0.276 e. The molecule has 0 spiro atoms. The normalized spacial score (nSPS) is 11.2. The maximum Gasteiger partial charge on any atom is 0.319 e. The Morgan fingerprint density at radius 3 is 2.80 bits per heavy atom. The van der Waals surface area contributed by atoms with E-state index in [1.165, 1.54) is 12.4 Å². The maximum atomic E-state index is 12.5. The lowest BCUT2D eigenvalue weighted by Crippen LogP contribution is -2.10. The third-order valence-electron chi connectivity index (χ3n) is 2.18. The third-order valence-corrected chi connectivity index (χ3v) is 2.18. The van der Waals surface area contributed by atoms with Crippen molar-refractivity contribution < 1.29 is 8.78 Å². The molecule has 0 atom stereocenters. The Bertz CT molecular complexity index is 446.